The number of hydrogen-bond donors (Lipinski definition) is 0. The van der Waals surface area contributed by atoms with Gasteiger partial charge in [0.1, 0.15) is 17.1 Å². The van der Waals surface area contributed by atoms with Crippen molar-refractivity contribution in [1.29, 1.82) is 0 Å². The molecule has 0 bridgehead atoms. The van der Waals surface area contributed by atoms with Gasteiger partial charge in [0, 0.05) is 17.2 Å². The van der Waals surface area contributed by atoms with E-state index in [4.69, 9.17) is 4.42 Å². The van der Waals surface area contributed by atoms with Crippen LogP contribution < -0.4 is 0 Å². The van der Waals surface area contributed by atoms with Gasteiger partial charge in [0.15, 0.2) is 16.1 Å². The number of hydrogen-bond acceptors (Lipinski definition) is 4. The molecule has 0 saturated heterocycles. The Morgan fingerprint density at radius 1 is 1.32 bits per heavy atom. The SMILES string of the molecule is Cc1cc2cc(C#CCS(C)(=O)=O)cc(C=O)c2o1. The van der Waals surface area contributed by atoms with Gasteiger partial charge in [-0.05, 0) is 25.1 Å². The first-order valence-electron chi connectivity index (χ1n) is 5.55. The maximum absolute atomic E-state index is 11.0. The van der Waals surface area contributed by atoms with Crippen molar-refractivity contribution >= 4 is 27.1 Å². The Morgan fingerprint density at radius 2 is 2.05 bits per heavy atom. The van der Waals surface area contributed by atoms with E-state index in [1.807, 2.05) is 6.07 Å². The predicted octanol–water partition coefficient (Wildman–Crippen LogP) is 1.95. The van der Waals surface area contributed by atoms with Crippen LogP contribution in [0.2, 0.25) is 0 Å². The van der Waals surface area contributed by atoms with E-state index >= 15 is 0 Å². The Bertz CT molecular complexity index is 801. The number of fused-ring (bicyclic) bond motifs is 1. The molecule has 0 aliphatic carbocycles. The van der Waals surface area contributed by atoms with Crippen molar-refractivity contribution in [3.05, 3.63) is 35.1 Å². The molecule has 0 amide bonds. The summed E-state index contributed by atoms with van der Waals surface area (Å²) in [7, 11) is -3.11. The summed E-state index contributed by atoms with van der Waals surface area (Å²) in [5, 5.41) is 0.783. The van der Waals surface area contributed by atoms with Crippen LogP contribution in [-0.4, -0.2) is 26.7 Å². The highest BCUT2D eigenvalue weighted by Gasteiger charge is 2.07. The van der Waals surface area contributed by atoms with E-state index in [9.17, 15) is 13.2 Å². The number of sulfone groups is 1. The number of carbonyl (C=O) groups is 1. The van der Waals surface area contributed by atoms with Crippen molar-refractivity contribution in [1.82, 2.24) is 0 Å². The number of aldehydes is 1. The van der Waals surface area contributed by atoms with E-state index in [-0.39, 0.29) is 5.75 Å². The second-order valence-electron chi connectivity index (χ2n) is 4.33. The topological polar surface area (TPSA) is 64.3 Å². The molecule has 0 atom stereocenters. The van der Waals surface area contributed by atoms with Crippen LogP contribution in [0.25, 0.3) is 11.0 Å². The normalized spacial score (nSPS) is 11.1. The molecule has 2 aromatic rings. The predicted molar refractivity (Wildman–Crippen MR) is 72.9 cm³/mol. The Balaban J connectivity index is 2.47. The molecule has 4 nitrogen and oxygen atoms in total. The monoisotopic (exact) mass is 276 g/mol. The third-order valence-electron chi connectivity index (χ3n) is 2.46. The fourth-order valence-corrected chi connectivity index (χ4v) is 2.07. The third-order valence-corrected chi connectivity index (χ3v) is 3.13. The maximum atomic E-state index is 11.0. The van der Waals surface area contributed by atoms with Crippen molar-refractivity contribution in [2.75, 3.05) is 12.0 Å². The second-order valence-corrected chi connectivity index (χ2v) is 6.47. The zero-order chi connectivity index (χ0) is 14.0. The standard InChI is InChI=1S/C14H12O4S/c1-10-6-12-7-11(4-3-5-19(2,16)17)8-13(9-15)14(12)18-10/h6-9H,5H2,1-2H3. The van der Waals surface area contributed by atoms with Gasteiger partial charge in [-0.2, -0.15) is 0 Å². The number of furan rings is 1. The van der Waals surface area contributed by atoms with Crippen LogP contribution in [0.4, 0.5) is 0 Å². The zero-order valence-electron chi connectivity index (χ0n) is 10.6. The van der Waals surface area contributed by atoms with Crippen molar-refractivity contribution in [3.8, 4) is 11.8 Å². The summed E-state index contributed by atoms with van der Waals surface area (Å²) in [6, 6.07) is 5.17. The smallest absolute Gasteiger partial charge is 0.158 e. The molecule has 0 N–H and O–H groups in total. The number of carbonyl (C=O) groups excluding carboxylic acids is 1. The maximum Gasteiger partial charge on any atom is 0.158 e. The molecule has 2 rings (SSSR count). The summed E-state index contributed by atoms with van der Waals surface area (Å²) in [4.78, 5) is 11.0. The number of rotatable bonds is 2. The Kier molecular flexibility index (Phi) is 3.45. The molecule has 0 spiro atoms. The highest BCUT2D eigenvalue weighted by Crippen LogP contribution is 2.23. The van der Waals surface area contributed by atoms with Crippen molar-refractivity contribution in [2.45, 2.75) is 6.92 Å². The summed E-state index contributed by atoms with van der Waals surface area (Å²) in [6.45, 7) is 1.80. The lowest BCUT2D eigenvalue weighted by Gasteiger charge is -1.95. The van der Waals surface area contributed by atoms with Crippen LogP contribution in [0.15, 0.2) is 22.6 Å². The molecule has 0 radical (unpaired) electrons. The minimum atomic E-state index is -3.11. The summed E-state index contributed by atoms with van der Waals surface area (Å²) >= 11 is 0. The largest absolute Gasteiger partial charge is 0.461 e. The van der Waals surface area contributed by atoms with E-state index in [1.165, 1.54) is 0 Å². The molecule has 0 aliphatic rings. The second kappa shape index (κ2) is 4.90. The lowest BCUT2D eigenvalue weighted by Crippen LogP contribution is -1.99. The van der Waals surface area contributed by atoms with Gasteiger partial charge in [-0.25, -0.2) is 8.42 Å². The van der Waals surface area contributed by atoms with Gasteiger partial charge >= 0.3 is 0 Å². The molecule has 1 heterocycles. The van der Waals surface area contributed by atoms with E-state index in [2.05, 4.69) is 11.8 Å². The molecule has 5 heteroatoms. The van der Waals surface area contributed by atoms with Crippen molar-refractivity contribution in [3.63, 3.8) is 0 Å². The molecule has 19 heavy (non-hydrogen) atoms. The van der Waals surface area contributed by atoms with Gasteiger partial charge in [0.05, 0.1) is 5.56 Å². The molecule has 0 saturated carbocycles. The first-order chi connectivity index (χ1) is 8.89. The minimum Gasteiger partial charge on any atom is -0.461 e. The third kappa shape index (κ3) is 3.24. The van der Waals surface area contributed by atoms with E-state index < -0.39 is 9.84 Å². The van der Waals surface area contributed by atoms with E-state index in [1.54, 1.807) is 19.1 Å². The summed E-state index contributed by atoms with van der Waals surface area (Å²) in [5.74, 6) is 5.83. The van der Waals surface area contributed by atoms with Crippen LogP contribution in [0.3, 0.4) is 0 Å². The first-order valence-corrected chi connectivity index (χ1v) is 7.61. The lowest BCUT2D eigenvalue weighted by molar-refractivity contribution is 0.112. The van der Waals surface area contributed by atoms with Crippen LogP contribution in [0.1, 0.15) is 21.7 Å². The highest BCUT2D eigenvalue weighted by atomic mass is 32.2. The fraction of sp³-hybridized carbons (Fsp3) is 0.214. The molecule has 0 unspecified atom stereocenters. The van der Waals surface area contributed by atoms with Crippen molar-refractivity contribution in [2.24, 2.45) is 0 Å². The summed E-state index contributed by atoms with van der Waals surface area (Å²) in [6.07, 6.45) is 1.83. The molecule has 1 aromatic heterocycles. The zero-order valence-corrected chi connectivity index (χ0v) is 11.4. The van der Waals surface area contributed by atoms with Crippen LogP contribution >= 0.6 is 0 Å². The minimum absolute atomic E-state index is 0.203. The number of benzene rings is 1. The van der Waals surface area contributed by atoms with Crippen molar-refractivity contribution < 1.29 is 17.6 Å². The van der Waals surface area contributed by atoms with E-state index in [0.717, 1.165) is 11.6 Å². The Hall–Kier alpha value is -2.06. The summed E-state index contributed by atoms with van der Waals surface area (Å²) in [5.41, 5.74) is 1.54. The van der Waals surface area contributed by atoms with Crippen LogP contribution in [0.5, 0.6) is 0 Å². The van der Waals surface area contributed by atoms with E-state index in [0.29, 0.717) is 28.8 Å². The summed E-state index contributed by atoms with van der Waals surface area (Å²) < 4.78 is 27.4. The Morgan fingerprint density at radius 3 is 2.68 bits per heavy atom. The number of aryl methyl sites for hydroxylation is 1. The van der Waals surface area contributed by atoms with Gasteiger partial charge in [-0.1, -0.05) is 11.8 Å². The van der Waals surface area contributed by atoms with Gasteiger partial charge < -0.3 is 4.42 Å². The first kappa shape index (κ1) is 13.4. The molecular formula is C14H12O4S. The average Bonchev–Trinajstić information content (AvgIpc) is 2.66. The fourth-order valence-electron chi connectivity index (χ4n) is 1.74. The van der Waals surface area contributed by atoms with Gasteiger partial charge in [0.25, 0.3) is 0 Å². The molecule has 0 fully saturated rings. The average molecular weight is 276 g/mol. The molecule has 1 aromatic carbocycles. The van der Waals surface area contributed by atoms with Crippen LogP contribution in [-0.2, 0) is 9.84 Å². The molecule has 0 aliphatic heterocycles. The molecule has 98 valence electrons. The van der Waals surface area contributed by atoms with Gasteiger partial charge in [-0.3, -0.25) is 4.79 Å². The lowest BCUT2D eigenvalue weighted by atomic mass is 10.1. The quantitative estimate of drug-likeness (QED) is 0.621. The highest BCUT2D eigenvalue weighted by molar-refractivity contribution is 7.90. The van der Waals surface area contributed by atoms with Gasteiger partial charge in [0.2, 0.25) is 0 Å². The van der Waals surface area contributed by atoms with Crippen LogP contribution in [0, 0.1) is 18.8 Å². The van der Waals surface area contributed by atoms with Gasteiger partial charge in [-0.15, -0.1) is 0 Å². The Labute approximate surface area is 111 Å². The molecular weight excluding hydrogens is 264 g/mol.